The Hall–Kier alpha value is -3.49. The number of fused-ring (bicyclic) bond motifs is 2. The van der Waals surface area contributed by atoms with E-state index in [1.165, 1.54) is 7.11 Å². The first-order valence-corrected chi connectivity index (χ1v) is 10.0. The van der Waals surface area contributed by atoms with Gasteiger partial charge in [0.25, 0.3) is 0 Å². The maximum atomic E-state index is 12.3. The number of nitrogens with one attached hydrogen (secondary N) is 2. The summed E-state index contributed by atoms with van der Waals surface area (Å²) >= 11 is 0. The fraction of sp³-hybridized carbons (Fsp3) is 0.381. The van der Waals surface area contributed by atoms with Crippen LogP contribution in [0.15, 0.2) is 30.5 Å². The second kappa shape index (κ2) is 6.51. The summed E-state index contributed by atoms with van der Waals surface area (Å²) in [4.78, 5) is 18.3. The molecule has 1 fully saturated rings. The van der Waals surface area contributed by atoms with Crippen molar-refractivity contribution in [1.29, 1.82) is 0 Å². The van der Waals surface area contributed by atoms with E-state index in [9.17, 15) is 4.79 Å². The normalized spacial score (nSPS) is 17.1. The second-order valence-corrected chi connectivity index (χ2v) is 8.58. The van der Waals surface area contributed by atoms with Crippen molar-refractivity contribution in [2.75, 3.05) is 34.9 Å². The van der Waals surface area contributed by atoms with Gasteiger partial charge in [0.2, 0.25) is 0 Å². The van der Waals surface area contributed by atoms with Crippen LogP contribution in [0.3, 0.4) is 0 Å². The number of ether oxygens (including phenoxy) is 1. The number of carbonyl (C=O) groups excluding carboxylic acids is 1. The lowest BCUT2D eigenvalue weighted by molar-refractivity contribution is 0.178. The van der Waals surface area contributed by atoms with E-state index in [2.05, 4.69) is 34.6 Å². The summed E-state index contributed by atoms with van der Waals surface area (Å²) in [5.41, 5.74) is 10.3. The summed E-state index contributed by atoms with van der Waals surface area (Å²) in [5.74, 6) is 1.11. The molecule has 156 valence electrons. The molecule has 1 amide bonds. The number of nitrogens with zero attached hydrogens (tertiary/aromatic N) is 4. The Labute approximate surface area is 174 Å². The van der Waals surface area contributed by atoms with Gasteiger partial charge < -0.3 is 21.1 Å². The van der Waals surface area contributed by atoms with E-state index in [-0.39, 0.29) is 11.5 Å². The van der Waals surface area contributed by atoms with E-state index >= 15 is 0 Å². The monoisotopic (exact) mass is 407 g/mol. The number of carbonyl (C=O) groups is 1. The molecule has 0 spiro atoms. The number of aromatic nitrogens is 3. The lowest BCUT2D eigenvalue weighted by Gasteiger charge is -2.19. The molecule has 9 heteroatoms. The van der Waals surface area contributed by atoms with Crippen molar-refractivity contribution in [2.24, 2.45) is 0 Å². The lowest BCUT2D eigenvalue weighted by Crippen LogP contribution is -2.33. The molecular weight excluding hydrogens is 382 g/mol. The van der Waals surface area contributed by atoms with Gasteiger partial charge in [0.05, 0.1) is 24.7 Å². The van der Waals surface area contributed by atoms with Crippen LogP contribution < -0.4 is 21.3 Å². The van der Waals surface area contributed by atoms with E-state index < -0.39 is 0 Å². The van der Waals surface area contributed by atoms with Crippen LogP contribution in [0.5, 0.6) is 0 Å². The minimum atomic E-state index is -0.361. The van der Waals surface area contributed by atoms with Gasteiger partial charge in [-0.15, -0.1) is 5.10 Å². The first kappa shape index (κ1) is 18.5. The summed E-state index contributed by atoms with van der Waals surface area (Å²) in [5, 5.41) is 11.4. The Bertz CT molecular complexity index is 1150. The van der Waals surface area contributed by atoms with E-state index in [0.29, 0.717) is 29.9 Å². The van der Waals surface area contributed by atoms with E-state index in [1.807, 2.05) is 24.3 Å². The third-order valence-electron chi connectivity index (χ3n) is 5.67. The summed E-state index contributed by atoms with van der Waals surface area (Å²) in [6.45, 7) is 4.81. The molecule has 30 heavy (non-hydrogen) atoms. The molecule has 3 aromatic rings. The SMILES string of the molecule is COC(=O)N1CC(C)(C)c2ccc(Nc3cc(NC4CC4)c4ncc(N)n4n3)cc21. The number of nitrogen functional groups attached to an aromatic ring is 1. The van der Waals surface area contributed by atoms with Gasteiger partial charge in [0.15, 0.2) is 11.5 Å². The van der Waals surface area contributed by atoms with Gasteiger partial charge in [-0.1, -0.05) is 19.9 Å². The van der Waals surface area contributed by atoms with Gasteiger partial charge in [0.1, 0.15) is 5.82 Å². The fourth-order valence-electron chi connectivity index (χ4n) is 3.99. The van der Waals surface area contributed by atoms with Gasteiger partial charge in [-0.3, -0.25) is 4.90 Å². The molecule has 1 aliphatic carbocycles. The number of amides is 1. The third-order valence-corrected chi connectivity index (χ3v) is 5.67. The maximum absolute atomic E-state index is 12.3. The van der Waals surface area contributed by atoms with Gasteiger partial charge in [-0.25, -0.2) is 9.78 Å². The van der Waals surface area contributed by atoms with Crippen LogP contribution in [0.2, 0.25) is 0 Å². The first-order valence-electron chi connectivity index (χ1n) is 10.0. The Morgan fingerprint density at radius 2 is 2.10 bits per heavy atom. The number of hydrogen-bond donors (Lipinski definition) is 3. The topological polar surface area (TPSA) is 110 Å². The minimum absolute atomic E-state index is 0.147. The zero-order valence-electron chi connectivity index (χ0n) is 17.3. The van der Waals surface area contributed by atoms with Gasteiger partial charge >= 0.3 is 6.09 Å². The molecule has 9 nitrogen and oxygen atoms in total. The second-order valence-electron chi connectivity index (χ2n) is 8.58. The Balaban J connectivity index is 1.51. The predicted molar refractivity (Wildman–Crippen MR) is 117 cm³/mol. The van der Waals surface area contributed by atoms with Gasteiger partial charge in [-0.2, -0.15) is 4.52 Å². The number of imidazole rings is 1. The highest BCUT2D eigenvalue weighted by Crippen LogP contribution is 2.42. The van der Waals surface area contributed by atoms with Crippen molar-refractivity contribution in [3.63, 3.8) is 0 Å². The summed E-state index contributed by atoms with van der Waals surface area (Å²) in [7, 11) is 1.40. The van der Waals surface area contributed by atoms with Crippen molar-refractivity contribution >= 4 is 40.4 Å². The minimum Gasteiger partial charge on any atom is -0.452 e. The van der Waals surface area contributed by atoms with Crippen molar-refractivity contribution in [3.8, 4) is 0 Å². The van der Waals surface area contributed by atoms with Crippen molar-refractivity contribution < 1.29 is 9.53 Å². The van der Waals surface area contributed by atoms with Gasteiger partial charge in [-0.05, 0) is 30.5 Å². The van der Waals surface area contributed by atoms with E-state index in [4.69, 9.17) is 10.5 Å². The highest BCUT2D eigenvalue weighted by Gasteiger charge is 2.38. The van der Waals surface area contributed by atoms with Crippen molar-refractivity contribution in [2.45, 2.75) is 38.1 Å². The van der Waals surface area contributed by atoms with Crippen LogP contribution in [0.4, 0.5) is 33.5 Å². The van der Waals surface area contributed by atoms with Crippen LogP contribution in [-0.2, 0) is 10.2 Å². The zero-order chi connectivity index (χ0) is 21.0. The van der Waals surface area contributed by atoms with E-state index in [0.717, 1.165) is 35.5 Å². The Kier molecular flexibility index (Phi) is 4.02. The molecule has 5 rings (SSSR count). The average molecular weight is 407 g/mol. The molecule has 0 saturated heterocycles. The molecule has 3 heterocycles. The standard InChI is InChI=1S/C21H25N7O2/c1-21(2)11-27(20(29)30-3)16-8-13(6-7-14(16)21)25-18-9-15(24-12-4-5-12)19-23-10-17(22)28(19)26-18/h6-10,12,24H,4-5,11,22H2,1-3H3,(H,25,26). The largest absolute Gasteiger partial charge is 0.452 e. The zero-order valence-corrected chi connectivity index (χ0v) is 17.3. The summed E-state index contributed by atoms with van der Waals surface area (Å²) < 4.78 is 6.60. The highest BCUT2D eigenvalue weighted by atomic mass is 16.5. The predicted octanol–water partition coefficient (Wildman–Crippen LogP) is 3.49. The smallest absolute Gasteiger partial charge is 0.414 e. The molecule has 0 unspecified atom stereocenters. The van der Waals surface area contributed by atoms with Crippen LogP contribution >= 0.6 is 0 Å². The summed E-state index contributed by atoms with van der Waals surface area (Å²) in [6.07, 6.45) is 3.55. The summed E-state index contributed by atoms with van der Waals surface area (Å²) in [6, 6.07) is 8.41. The average Bonchev–Trinajstić information content (AvgIpc) is 3.39. The lowest BCUT2D eigenvalue weighted by atomic mass is 9.87. The molecule has 4 N–H and O–H groups in total. The van der Waals surface area contributed by atoms with Crippen LogP contribution in [0.1, 0.15) is 32.3 Å². The molecule has 1 aliphatic heterocycles. The number of nitrogens with two attached hydrogens (primary N) is 1. The fourth-order valence-corrected chi connectivity index (χ4v) is 3.99. The number of anilines is 5. The number of benzene rings is 1. The van der Waals surface area contributed by atoms with Crippen molar-refractivity contribution in [3.05, 3.63) is 36.0 Å². The Morgan fingerprint density at radius 1 is 1.30 bits per heavy atom. The maximum Gasteiger partial charge on any atom is 0.414 e. The molecule has 0 bridgehead atoms. The molecule has 0 atom stereocenters. The molecule has 1 saturated carbocycles. The van der Waals surface area contributed by atoms with Crippen LogP contribution in [-0.4, -0.2) is 40.4 Å². The van der Waals surface area contributed by atoms with E-state index in [1.54, 1.807) is 15.6 Å². The number of rotatable bonds is 4. The molecule has 1 aromatic carbocycles. The third kappa shape index (κ3) is 3.06. The number of methoxy groups -OCH3 is 1. The molecule has 0 radical (unpaired) electrons. The number of hydrogen-bond acceptors (Lipinski definition) is 7. The van der Waals surface area contributed by atoms with Crippen LogP contribution in [0, 0.1) is 0 Å². The molecule has 2 aliphatic rings. The molecular formula is C21H25N7O2. The molecule has 2 aromatic heterocycles. The first-order chi connectivity index (χ1) is 14.4. The van der Waals surface area contributed by atoms with Crippen molar-refractivity contribution in [1.82, 2.24) is 14.6 Å². The van der Waals surface area contributed by atoms with Crippen LogP contribution in [0.25, 0.3) is 5.65 Å². The Morgan fingerprint density at radius 3 is 2.83 bits per heavy atom. The van der Waals surface area contributed by atoms with Gasteiger partial charge in [0, 0.05) is 29.8 Å². The highest BCUT2D eigenvalue weighted by molar-refractivity contribution is 5.92. The quantitative estimate of drug-likeness (QED) is 0.607.